The van der Waals surface area contributed by atoms with E-state index < -0.39 is 6.10 Å². The summed E-state index contributed by atoms with van der Waals surface area (Å²) in [6.45, 7) is 3.16. The van der Waals surface area contributed by atoms with E-state index in [1.165, 1.54) is 115 Å². The normalized spacial score (nSPS) is 12.4. The number of carbonyl (C=O) groups excluding carboxylic acids is 2. The van der Waals surface area contributed by atoms with Gasteiger partial charge in [-0.3, -0.25) is 9.59 Å². The number of aryl methyl sites for hydroxylation is 1. The van der Waals surface area contributed by atoms with Crippen molar-refractivity contribution in [2.75, 3.05) is 25.2 Å². The van der Waals surface area contributed by atoms with Gasteiger partial charge >= 0.3 is 11.9 Å². The lowest BCUT2D eigenvalue weighted by Gasteiger charge is -2.18. The molecule has 290 valence electrons. The number of unbranched alkanes of at least 4 members (excludes halogenated alkanes) is 14. The molecule has 0 aromatic heterocycles. The average molecular weight is 790 g/mol. The third-order valence-electron chi connectivity index (χ3n) is 10.3. The van der Waals surface area contributed by atoms with E-state index in [1.807, 2.05) is 0 Å². The molecule has 0 fully saturated rings. The second-order valence-electron chi connectivity index (χ2n) is 14.7. The molecule has 0 N–H and O–H groups in total. The number of alkyl halides is 1. The standard InChI is InChI=1S/C47H65BrO5/c1-2-3-4-5-6-7-8-9-10-11-12-13-14-15-16-20-35-51-36-42(53-45(50)26-18-17-19-34-48)37-52-44(49)27-22-23-38-28-29-41-31-30-39-24-21-25-40-32-33-43(38)47(41)46(39)40/h9-10,21,24-25,28-33,42H,2-8,11-20,22-23,26-27,34-37H2,1H3/b10-9-/t42-/m0/s1. The number of benzene rings is 4. The number of hydrogen-bond donors (Lipinski definition) is 0. The Morgan fingerprint density at radius 1 is 0.623 bits per heavy atom. The van der Waals surface area contributed by atoms with Crippen LogP contribution in [0.1, 0.15) is 141 Å². The van der Waals surface area contributed by atoms with Gasteiger partial charge < -0.3 is 14.2 Å². The fourth-order valence-corrected chi connectivity index (χ4v) is 7.66. The van der Waals surface area contributed by atoms with Crippen LogP contribution in [0.15, 0.2) is 66.7 Å². The first-order valence-electron chi connectivity index (χ1n) is 20.9. The zero-order chi connectivity index (χ0) is 37.4. The first kappa shape index (κ1) is 42.8. The summed E-state index contributed by atoms with van der Waals surface area (Å²) in [4.78, 5) is 25.4. The molecule has 0 saturated heterocycles. The molecule has 0 saturated carbocycles. The van der Waals surface area contributed by atoms with Crippen LogP contribution < -0.4 is 0 Å². The topological polar surface area (TPSA) is 61.8 Å². The van der Waals surface area contributed by atoms with Crippen molar-refractivity contribution in [3.8, 4) is 0 Å². The van der Waals surface area contributed by atoms with Gasteiger partial charge in [-0.2, -0.15) is 0 Å². The van der Waals surface area contributed by atoms with E-state index >= 15 is 0 Å². The first-order chi connectivity index (χ1) is 26.1. The monoisotopic (exact) mass is 788 g/mol. The number of carbonyl (C=O) groups is 2. The van der Waals surface area contributed by atoms with E-state index in [9.17, 15) is 9.59 Å². The van der Waals surface area contributed by atoms with Gasteiger partial charge in [-0.1, -0.05) is 154 Å². The van der Waals surface area contributed by atoms with Crippen LogP contribution in [0.4, 0.5) is 0 Å². The molecule has 0 aliphatic rings. The minimum atomic E-state index is -0.589. The predicted octanol–water partition coefficient (Wildman–Crippen LogP) is 13.4. The van der Waals surface area contributed by atoms with E-state index in [0.717, 1.165) is 43.9 Å². The zero-order valence-corrected chi connectivity index (χ0v) is 34.1. The zero-order valence-electron chi connectivity index (χ0n) is 32.5. The fourth-order valence-electron chi connectivity index (χ4n) is 7.26. The summed E-state index contributed by atoms with van der Waals surface area (Å²) in [6.07, 6.45) is 26.8. The van der Waals surface area contributed by atoms with E-state index in [0.29, 0.717) is 25.9 Å². The minimum absolute atomic E-state index is 0.0259. The maximum absolute atomic E-state index is 12.8. The van der Waals surface area contributed by atoms with Crippen LogP contribution in [0.3, 0.4) is 0 Å². The Bertz CT molecular complexity index is 1610. The summed E-state index contributed by atoms with van der Waals surface area (Å²) in [5.41, 5.74) is 1.25. The van der Waals surface area contributed by atoms with Crippen molar-refractivity contribution in [1.82, 2.24) is 0 Å². The van der Waals surface area contributed by atoms with E-state index in [4.69, 9.17) is 14.2 Å². The van der Waals surface area contributed by atoms with Gasteiger partial charge in [-0.15, -0.1) is 0 Å². The van der Waals surface area contributed by atoms with Crippen LogP contribution in [0, 0.1) is 0 Å². The molecule has 0 bridgehead atoms. The molecular weight excluding hydrogens is 724 g/mol. The quantitative estimate of drug-likeness (QED) is 0.0173. The Morgan fingerprint density at radius 3 is 1.94 bits per heavy atom. The van der Waals surface area contributed by atoms with Gasteiger partial charge in [0.2, 0.25) is 0 Å². The van der Waals surface area contributed by atoms with E-state index in [-0.39, 0.29) is 25.2 Å². The van der Waals surface area contributed by atoms with Crippen LogP contribution in [-0.4, -0.2) is 43.2 Å². The van der Waals surface area contributed by atoms with E-state index in [2.05, 4.69) is 89.6 Å². The Kier molecular flexibility index (Phi) is 20.9. The molecule has 0 spiro atoms. The highest BCUT2D eigenvalue weighted by Crippen LogP contribution is 2.36. The minimum Gasteiger partial charge on any atom is -0.462 e. The number of esters is 2. The lowest BCUT2D eigenvalue weighted by molar-refractivity contribution is -0.163. The van der Waals surface area contributed by atoms with Gasteiger partial charge in [0.1, 0.15) is 6.61 Å². The molecule has 4 aromatic rings. The molecule has 6 heteroatoms. The van der Waals surface area contributed by atoms with Gasteiger partial charge in [-0.25, -0.2) is 0 Å². The van der Waals surface area contributed by atoms with Crippen molar-refractivity contribution in [3.63, 3.8) is 0 Å². The second-order valence-corrected chi connectivity index (χ2v) is 15.5. The summed E-state index contributed by atoms with van der Waals surface area (Å²) in [7, 11) is 0. The highest BCUT2D eigenvalue weighted by molar-refractivity contribution is 9.09. The highest BCUT2D eigenvalue weighted by Gasteiger charge is 2.18. The molecule has 0 aliphatic heterocycles. The van der Waals surface area contributed by atoms with E-state index in [1.54, 1.807) is 0 Å². The first-order valence-corrected chi connectivity index (χ1v) is 22.0. The SMILES string of the molecule is CCCCCCCC/C=C\CCCCCCCCOC[C@@H](COC(=O)CCCc1ccc2ccc3cccc4ccc1c2c34)OC(=O)CCCCCBr. The molecule has 0 amide bonds. The van der Waals surface area contributed by atoms with Gasteiger partial charge in [0.25, 0.3) is 0 Å². The van der Waals surface area contributed by atoms with Crippen LogP contribution in [0.25, 0.3) is 32.3 Å². The largest absolute Gasteiger partial charge is 0.462 e. The summed E-state index contributed by atoms with van der Waals surface area (Å²) < 4.78 is 17.3. The van der Waals surface area contributed by atoms with Gasteiger partial charge in [0, 0.05) is 24.8 Å². The van der Waals surface area contributed by atoms with Crippen LogP contribution in [0.2, 0.25) is 0 Å². The third-order valence-corrected chi connectivity index (χ3v) is 10.9. The predicted molar refractivity (Wildman–Crippen MR) is 226 cm³/mol. The summed E-state index contributed by atoms with van der Waals surface area (Å²) in [6, 6.07) is 19.6. The number of halogens is 1. The molecule has 1 atom stereocenters. The third kappa shape index (κ3) is 15.7. The van der Waals surface area contributed by atoms with Crippen LogP contribution >= 0.6 is 15.9 Å². The lowest BCUT2D eigenvalue weighted by atomic mass is 9.90. The van der Waals surface area contributed by atoms with Gasteiger partial charge in [-0.05, 0) is 95.7 Å². The average Bonchev–Trinajstić information content (AvgIpc) is 3.17. The lowest BCUT2D eigenvalue weighted by Crippen LogP contribution is -2.30. The van der Waals surface area contributed by atoms with Crippen molar-refractivity contribution >= 4 is 60.2 Å². The van der Waals surface area contributed by atoms with Crippen molar-refractivity contribution < 1.29 is 23.8 Å². The summed E-state index contributed by atoms with van der Waals surface area (Å²) in [5, 5.41) is 8.54. The fraction of sp³-hybridized carbons (Fsp3) is 0.574. The molecule has 0 radical (unpaired) electrons. The summed E-state index contributed by atoms with van der Waals surface area (Å²) >= 11 is 3.44. The summed E-state index contributed by atoms with van der Waals surface area (Å²) in [5.74, 6) is -0.523. The maximum atomic E-state index is 12.8. The number of rotatable bonds is 30. The van der Waals surface area contributed by atoms with Crippen LogP contribution in [-0.2, 0) is 30.2 Å². The second kappa shape index (κ2) is 26.0. The number of allylic oxidation sites excluding steroid dienone is 2. The molecule has 53 heavy (non-hydrogen) atoms. The Morgan fingerprint density at radius 2 is 1.23 bits per heavy atom. The molecule has 0 unspecified atom stereocenters. The molecule has 4 rings (SSSR count). The molecular formula is C47H65BrO5. The molecule has 0 heterocycles. The Balaban J connectivity index is 1.11. The number of ether oxygens (including phenoxy) is 3. The van der Waals surface area contributed by atoms with Crippen molar-refractivity contribution in [2.24, 2.45) is 0 Å². The van der Waals surface area contributed by atoms with Crippen molar-refractivity contribution in [2.45, 2.75) is 148 Å². The van der Waals surface area contributed by atoms with Crippen molar-refractivity contribution in [1.29, 1.82) is 0 Å². The molecule has 5 nitrogen and oxygen atoms in total. The highest BCUT2D eigenvalue weighted by atomic mass is 79.9. The van der Waals surface area contributed by atoms with Crippen LogP contribution in [0.5, 0.6) is 0 Å². The Hall–Kier alpha value is -2.96. The smallest absolute Gasteiger partial charge is 0.306 e. The molecule has 0 aliphatic carbocycles. The van der Waals surface area contributed by atoms with Gasteiger partial charge in [0.05, 0.1) is 6.61 Å². The molecule has 4 aromatic carbocycles. The number of hydrogen-bond acceptors (Lipinski definition) is 5. The Labute approximate surface area is 328 Å². The van der Waals surface area contributed by atoms with Gasteiger partial charge in [0.15, 0.2) is 6.10 Å². The maximum Gasteiger partial charge on any atom is 0.306 e. The van der Waals surface area contributed by atoms with Crippen molar-refractivity contribution in [3.05, 3.63) is 72.3 Å².